The average molecular weight is 300 g/mol. The number of pyridine rings is 1. The first-order valence-electron chi connectivity index (χ1n) is 5.53. The summed E-state index contributed by atoms with van der Waals surface area (Å²) in [5.41, 5.74) is 2.50. The van der Waals surface area contributed by atoms with Crippen LogP contribution in [0, 0.1) is 0 Å². The average Bonchev–Trinajstić information content (AvgIpc) is 2.38. The molecule has 2 aromatic rings. The Kier molecular flexibility index (Phi) is 4.24. The predicted octanol–water partition coefficient (Wildman–Crippen LogP) is 4.20. The number of aromatic nitrogens is 1. The van der Waals surface area contributed by atoms with Gasteiger partial charge in [0.05, 0.1) is 11.8 Å². The first-order chi connectivity index (χ1) is 9.45. The molecule has 0 aliphatic carbocycles. The van der Waals surface area contributed by atoms with Crippen LogP contribution in [0.1, 0.15) is 11.1 Å². The Morgan fingerprint density at radius 2 is 2.00 bits per heavy atom. The number of rotatable bonds is 3. The van der Waals surface area contributed by atoms with E-state index in [0.29, 0.717) is 5.02 Å². The fourth-order valence-corrected chi connectivity index (χ4v) is 1.59. The maximum atomic E-state index is 12.3. The maximum absolute atomic E-state index is 12.3. The van der Waals surface area contributed by atoms with Gasteiger partial charge in [0.15, 0.2) is 0 Å². The van der Waals surface area contributed by atoms with Gasteiger partial charge in [-0.25, -0.2) is 4.98 Å². The topological polar surface area (TPSA) is 37.3 Å². The van der Waals surface area contributed by atoms with E-state index < -0.39 is 11.7 Å². The lowest BCUT2D eigenvalue weighted by Crippen LogP contribution is -2.05. The molecule has 0 spiro atoms. The van der Waals surface area contributed by atoms with Crippen LogP contribution in [0.5, 0.6) is 0 Å². The van der Waals surface area contributed by atoms with Crippen molar-refractivity contribution in [1.29, 1.82) is 0 Å². The molecule has 0 amide bonds. The molecule has 0 saturated carbocycles. The minimum Gasteiger partial charge on any atom is -0.261 e. The molecule has 7 heteroatoms. The minimum atomic E-state index is -4.39. The lowest BCUT2D eigenvalue weighted by atomic mass is 10.2. The summed E-state index contributed by atoms with van der Waals surface area (Å²) in [7, 11) is 0. The third kappa shape index (κ3) is 3.96. The monoisotopic (exact) mass is 299 g/mol. The lowest BCUT2D eigenvalue weighted by Gasteiger charge is -2.06. The zero-order valence-electron chi connectivity index (χ0n) is 10.0. The second kappa shape index (κ2) is 5.92. The van der Waals surface area contributed by atoms with Crippen LogP contribution in [0.2, 0.25) is 5.02 Å². The van der Waals surface area contributed by atoms with E-state index >= 15 is 0 Å². The van der Waals surface area contributed by atoms with Gasteiger partial charge in [-0.05, 0) is 29.8 Å². The Labute approximate surface area is 118 Å². The normalized spacial score (nSPS) is 11.8. The number of anilines is 1. The molecule has 1 aromatic carbocycles. The Hall–Kier alpha value is -2.08. The van der Waals surface area contributed by atoms with E-state index in [1.165, 1.54) is 12.3 Å². The first-order valence-corrected chi connectivity index (χ1v) is 5.91. The Morgan fingerprint density at radius 1 is 1.20 bits per heavy atom. The molecule has 1 heterocycles. The van der Waals surface area contributed by atoms with E-state index in [4.69, 9.17) is 11.6 Å². The van der Waals surface area contributed by atoms with Crippen molar-refractivity contribution >= 4 is 23.6 Å². The summed E-state index contributed by atoms with van der Waals surface area (Å²) in [6.45, 7) is 0. The highest BCUT2D eigenvalue weighted by atomic mass is 35.5. The molecule has 0 unspecified atom stereocenters. The van der Waals surface area contributed by atoms with E-state index in [1.807, 2.05) is 0 Å². The van der Waals surface area contributed by atoms with Gasteiger partial charge in [0.25, 0.3) is 0 Å². The first kappa shape index (κ1) is 14.3. The van der Waals surface area contributed by atoms with Crippen LogP contribution >= 0.6 is 11.6 Å². The number of halogens is 4. The summed E-state index contributed by atoms with van der Waals surface area (Å²) >= 11 is 5.80. The molecule has 0 radical (unpaired) electrons. The molecule has 1 N–H and O–H groups in total. The fraction of sp³-hybridized carbons (Fsp3) is 0.0769. The summed E-state index contributed by atoms with van der Waals surface area (Å²) in [6, 6.07) is 9.12. The van der Waals surface area contributed by atoms with Gasteiger partial charge < -0.3 is 0 Å². The lowest BCUT2D eigenvalue weighted by molar-refractivity contribution is -0.137. The number of hydrazone groups is 1. The summed E-state index contributed by atoms with van der Waals surface area (Å²) in [5.74, 6) is 0.219. The molecule has 0 aliphatic rings. The summed E-state index contributed by atoms with van der Waals surface area (Å²) in [6.07, 6.45) is -2.15. The highest BCUT2D eigenvalue weighted by Crippen LogP contribution is 2.28. The highest BCUT2D eigenvalue weighted by Gasteiger charge is 2.30. The molecule has 2 rings (SSSR count). The Morgan fingerprint density at radius 3 is 2.60 bits per heavy atom. The molecule has 104 valence electrons. The van der Waals surface area contributed by atoms with Gasteiger partial charge in [-0.15, -0.1) is 0 Å². The van der Waals surface area contributed by atoms with Crippen LogP contribution in [0.15, 0.2) is 47.7 Å². The van der Waals surface area contributed by atoms with Crippen molar-refractivity contribution in [2.75, 3.05) is 5.43 Å². The quantitative estimate of drug-likeness (QED) is 0.681. The number of hydrogen-bond acceptors (Lipinski definition) is 3. The van der Waals surface area contributed by atoms with Crippen LogP contribution in [0.3, 0.4) is 0 Å². The standard InChI is InChI=1S/C13H9ClF3N3/c14-11-3-1-2-9(6-11)7-19-20-12-5-4-10(8-18-12)13(15,16)17/h1-8H,(H,18,20)/b19-7-. The van der Waals surface area contributed by atoms with E-state index in [2.05, 4.69) is 15.5 Å². The summed E-state index contributed by atoms with van der Waals surface area (Å²) < 4.78 is 37.0. The third-order valence-corrected chi connectivity index (χ3v) is 2.57. The fourth-order valence-electron chi connectivity index (χ4n) is 1.39. The summed E-state index contributed by atoms with van der Waals surface area (Å²) in [5, 5.41) is 4.44. The van der Waals surface area contributed by atoms with Crippen LogP contribution in [0.25, 0.3) is 0 Å². The molecule has 3 nitrogen and oxygen atoms in total. The zero-order valence-corrected chi connectivity index (χ0v) is 10.8. The molecular formula is C13H9ClF3N3. The second-order valence-electron chi connectivity index (χ2n) is 3.85. The van der Waals surface area contributed by atoms with Gasteiger partial charge in [-0.2, -0.15) is 18.3 Å². The van der Waals surface area contributed by atoms with Crippen molar-refractivity contribution in [1.82, 2.24) is 4.98 Å². The van der Waals surface area contributed by atoms with Crippen molar-refractivity contribution in [3.05, 3.63) is 58.7 Å². The van der Waals surface area contributed by atoms with E-state index in [0.717, 1.165) is 17.8 Å². The van der Waals surface area contributed by atoms with Gasteiger partial charge in [0.1, 0.15) is 5.82 Å². The molecule has 0 saturated heterocycles. The molecular weight excluding hydrogens is 291 g/mol. The van der Waals surface area contributed by atoms with Crippen molar-refractivity contribution in [3.8, 4) is 0 Å². The molecule has 0 bridgehead atoms. The Bertz CT molecular complexity index is 609. The third-order valence-electron chi connectivity index (χ3n) is 2.33. The second-order valence-corrected chi connectivity index (χ2v) is 4.29. The largest absolute Gasteiger partial charge is 0.417 e. The number of nitrogens with zero attached hydrogens (tertiary/aromatic N) is 2. The molecule has 0 aliphatic heterocycles. The zero-order chi connectivity index (χ0) is 14.6. The molecule has 0 atom stereocenters. The van der Waals surface area contributed by atoms with E-state index in [9.17, 15) is 13.2 Å². The number of benzene rings is 1. The molecule has 20 heavy (non-hydrogen) atoms. The van der Waals surface area contributed by atoms with Crippen molar-refractivity contribution in [2.24, 2.45) is 5.10 Å². The highest BCUT2D eigenvalue weighted by molar-refractivity contribution is 6.30. The molecule has 0 fully saturated rings. The number of nitrogens with one attached hydrogen (secondary N) is 1. The smallest absolute Gasteiger partial charge is 0.261 e. The van der Waals surface area contributed by atoms with Gasteiger partial charge in [-0.3, -0.25) is 5.43 Å². The molecule has 1 aromatic heterocycles. The maximum Gasteiger partial charge on any atom is 0.417 e. The SMILES string of the molecule is FC(F)(F)c1ccc(N/N=C\c2cccc(Cl)c2)nc1. The summed E-state index contributed by atoms with van der Waals surface area (Å²) in [4.78, 5) is 3.62. The van der Waals surface area contributed by atoms with Crippen molar-refractivity contribution in [2.45, 2.75) is 6.18 Å². The Balaban J connectivity index is 2.01. The predicted molar refractivity (Wildman–Crippen MR) is 71.9 cm³/mol. The number of hydrogen-bond donors (Lipinski definition) is 1. The van der Waals surface area contributed by atoms with E-state index in [1.54, 1.807) is 24.3 Å². The van der Waals surface area contributed by atoms with Gasteiger partial charge >= 0.3 is 6.18 Å². The minimum absolute atomic E-state index is 0.219. The van der Waals surface area contributed by atoms with Gasteiger partial charge in [0.2, 0.25) is 0 Å². The van der Waals surface area contributed by atoms with Crippen LogP contribution in [-0.4, -0.2) is 11.2 Å². The van der Waals surface area contributed by atoms with Crippen LogP contribution < -0.4 is 5.43 Å². The van der Waals surface area contributed by atoms with Crippen LogP contribution in [-0.2, 0) is 6.18 Å². The van der Waals surface area contributed by atoms with Crippen LogP contribution in [0.4, 0.5) is 19.0 Å². The van der Waals surface area contributed by atoms with Crippen molar-refractivity contribution in [3.63, 3.8) is 0 Å². The van der Waals surface area contributed by atoms with Crippen molar-refractivity contribution < 1.29 is 13.2 Å². The number of alkyl halides is 3. The van der Waals surface area contributed by atoms with Gasteiger partial charge in [0, 0.05) is 11.2 Å². The van der Waals surface area contributed by atoms with E-state index in [-0.39, 0.29) is 5.82 Å². The van der Waals surface area contributed by atoms with Gasteiger partial charge in [-0.1, -0.05) is 23.7 Å².